The van der Waals surface area contributed by atoms with Crippen molar-refractivity contribution in [2.75, 3.05) is 11.9 Å². The van der Waals surface area contributed by atoms with Crippen molar-refractivity contribution in [2.24, 2.45) is 7.05 Å². The van der Waals surface area contributed by atoms with Gasteiger partial charge in [0.15, 0.2) is 0 Å². The van der Waals surface area contributed by atoms with E-state index in [0.29, 0.717) is 29.1 Å². The van der Waals surface area contributed by atoms with E-state index in [0.717, 1.165) is 12.8 Å². The van der Waals surface area contributed by atoms with Crippen LogP contribution >= 0.6 is 0 Å². The highest BCUT2D eigenvalue weighted by Gasteiger charge is 2.17. The third-order valence-corrected chi connectivity index (χ3v) is 3.38. The van der Waals surface area contributed by atoms with Crippen LogP contribution in [0.3, 0.4) is 0 Å². The second-order valence-corrected chi connectivity index (χ2v) is 5.29. The predicted octanol–water partition coefficient (Wildman–Crippen LogP) is 2.94. The lowest BCUT2D eigenvalue weighted by Gasteiger charge is -2.10. The average molecular weight is 315 g/mol. The van der Waals surface area contributed by atoms with Gasteiger partial charge in [0.05, 0.1) is 29.1 Å². The van der Waals surface area contributed by atoms with Crippen molar-refractivity contribution in [1.82, 2.24) is 9.78 Å². The summed E-state index contributed by atoms with van der Waals surface area (Å²) >= 11 is 0. The highest BCUT2D eigenvalue weighted by molar-refractivity contribution is 6.08. The predicted molar refractivity (Wildman–Crippen MR) is 87.5 cm³/mol. The number of carbonyl (C=O) groups excluding carboxylic acids is 2. The molecule has 1 heterocycles. The number of ether oxygens (including phenoxy) is 1. The van der Waals surface area contributed by atoms with Crippen LogP contribution < -0.4 is 5.32 Å². The van der Waals surface area contributed by atoms with Crippen molar-refractivity contribution >= 4 is 17.6 Å². The molecule has 6 nitrogen and oxygen atoms in total. The van der Waals surface area contributed by atoms with Crippen LogP contribution in [-0.4, -0.2) is 28.3 Å². The molecule has 1 N–H and O–H groups in total. The third kappa shape index (κ3) is 4.18. The van der Waals surface area contributed by atoms with E-state index in [9.17, 15) is 9.59 Å². The molecule has 0 spiro atoms. The van der Waals surface area contributed by atoms with Crippen LogP contribution in [0, 0.1) is 6.92 Å². The Balaban J connectivity index is 2.15. The SMILES string of the molecule is CCCCOC(=O)c1ccccc1NC(=O)c1cn(C)nc1C. The van der Waals surface area contributed by atoms with Crippen LogP contribution in [0.1, 0.15) is 46.2 Å². The number of nitrogens with one attached hydrogen (secondary N) is 1. The molecule has 6 heteroatoms. The lowest BCUT2D eigenvalue weighted by molar-refractivity contribution is 0.0501. The zero-order chi connectivity index (χ0) is 16.8. The van der Waals surface area contributed by atoms with E-state index in [1.54, 1.807) is 49.1 Å². The standard InChI is InChI=1S/C17H21N3O3/c1-4-5-10-23-17(22)13-8-6-7-9-15(13)18-16(21)14-11-20(3)19-12(14)2/h6-9,11H,4-5,10H2,1-3H3,(H,18,21). The van der Waals surface area contributed by atoms with Gasteiger partial charge in [-0.05, 0) is 25.5 Å². The highest BCUT2D eigenvalue weighted by atomic mass is 16.5. The normalized spacial score (nSPS) is 10.4. The second-order valence-electron chi connectivity index (χ2n) is 5.29. The maximum atomic E-state index is 12.4. The zero-order valence-electron chi connectivity index (χ0n) is 13.6. The Labute approximate surface area is 135 Å². The summed E-state index contributed by atoms with van der Waals surface area (Å²) in [4.78, 5) is 24.5. The molecule has 2 aromatic rings. The summed E-state index contributed by atoms with van der Waals surface area (Å²) in [5.74, 6) is -0.735. The quantitative estimate of drug-likeness (QED) is 0.657. The molecule has 0 radical (unpaired) electrons. The fourth-order valence-corrected chi connectivity index (χ4v) is 2.17. The minimum atomic E-state index is -0.433. The Hall–Kier alpha value is -2.63. The van der Waals surface area contributed by atoms with Gasteiger partial charge in [0.1, 0.15) is 0 Å². The minimum Gasteiger partial charge on any atom is -0.462 e. The van der Waals surface area contributed by atoms with Gasteiger partial charge < -0.3 is 10.1 Å². The van der Waals surface area contributed by atoms with Gasteiger partial charge in [-0.15, -0.1) is 0 Å². The maximum absolute atomic E-state index is 12.4. The van der Waals surface area contributed by atoms with Crippen LogP contribution in [0.15, 0.2) is 30.5 Å². The number of carbonyl (C=O) groups is 2. The van der Waals surface area contributed by atoms with Crippen LogP contribution in [0.4, 0.5) is 5.69 Å². The van der Waals surface area contributed by atoms with Crippen molar-refractivity contribution < 1.29 is 14.3 Å². The summed E-state index contributed by atoms with van der Waals surface area (Å²) in [7, 11) is 1.75. The molecule has 0 aliphatic rings. The van der Waals surface area contributed by atoms with E-state index in [2.05, 4.69) is 10.4 Å². The molecule has 23 heavy (non-hydrogen) atoms. The summed E-state index contributed by atoms with van der Waals surface area (Å²) in [6.07, 6.45) is 3.41. The van der Waals surface area contributed by atoms with Crippen molar-refractivity contribution in [3.05, 3.63) is 47.3 Å². The number of para-hydroxylation sites is 1. The Kier molecular flexibility index (Phi) is 5.51. The molecule has 0 aliphatic carbocycles. The molecule has 0 unspecified atom stereocenters. The monoisotopic (exact) mass is 315 g/mol. The lowest BCUT2D eigenvalue weighted by atomic mass is 10.1. The number of amides is 1. The van der Waals surface area contributed by atoms with Crippen LogP contribution in [-0.2, 0) is 11.8 Å². The number of rotatable bonds is 6. The number of unbranched alkanes of at least 4 members (excludes halogenated alkanes) is 1. The molecule has 0 saturated carbocycles. The molecular weight excluding hydrogens is 294 g/mol. The first kappa shape index (κ1) is 16.7. The maximum Gasteiger partial charge on any atom is 0.340 e. The number of hydrogen-bond donors (Lipinski definition) is 1. The first-order valence-corrected chi connectivity index (χ1v) is 7.60. The Bertz CT molecular complexity index is 707. The fourth-order valence-electron chi connectivity index (χ4n) is 2.17. The summed E-state index contributed by atoms with van der Waals surface area (Å²) in [6, 6.07) is 6.82. The van der Waals surface area contributed by atoms with E-state index in [1.807, 2.05) is 6.92 Å². The number of nitrogens with zero attached hydrogens (tertiary/aromatic N) is 2. The van der Waals surface area contributed by atoms with Crippen LogP contribution in [0.2, 0.25) is 0 Å². The molecule has 0 saturated heterocycles. The summed E-state index contributed by atoms with van der Waals surface area (Å²) < 4.78 is 6.80. The van der Waals surface area contributed by atoms with Gasteiger partial charge in [-0.25, -0.2) is 4.79 Å². The number of benzene rings is 1. The molecule has 2 rings (SSSR count). The molecule has 0 aliphatic heterocycles. The average Bonchev–Trinajstić information content (AvgIpc) is 2.86. The van der Waals surface area contributed by atoms with Gasteiger partial charge in [-0.1, -0.05) is 25.5 Å². The third-order valence-electron chi connectivity index (χ3n) is 3.38. The Morgan fingerprint density at radius 1 is 1.26 bits per heavy atom. The van der Waals surface area contributed by atoms with Gasteiger partial charge in [-0.2, -0.15) is 5.10 Å². The molecule has 1 amide bonds. The summed E-state index contributed by atoms with van der Waals surface area (Å²) in [5, 5.41) is 6.90. The Morgan fingerprint density at radius 2 is 2.00 bits per heavy atom. The molecule has 122 valence electrons. The van der Waals surface area contributed by atoms with Crippen molar-refractivity contribution in [3.63, 3.8) is 0 Å². The van der Waals surface area contributed by atoms with Gasteiger partial charge in [0, 0.05) is 13.2 Å². The van der Waals surface area contributed by atoms with E-state index in [1.165, 1.54) is 0 Å². The minimum absolute atomic E-state index is 0.301. The highest BCUT2D eigenvalue weighted by Crippen LogP contribution is 2.18. The molecule has 1 aromatic carbocycles. The molecule has 1 aromatic heterocycles. The van der Waals surface area contributed by atoms with Gasteiger partial charge >= 0.3 is 5.97 Å². The first-order chi connectivity index (χ1) is 11.0. The number of hydrogen-bond acceptors (Lipinski definition) is 4. The van der Waals surface area contributed by atoms with Gasteiger partial charge in [0.25, 0.3) is 5.91 Å². The Morgan fingerprint density at radius 3 is 2.65 bits per heavy atom. The lowest BCUT2D eigenvalue weighted by Crippen LogP contribution is -2.16. The molecule has 0 fully saturated rings. The van der Waals surface area contributed by atoms with Gasteiger partial charge in [0.2, 0.25) is 0 Å². The number of aromatic nitrogens is 2. The summed E-state index contributed by atoms with van der Waals surface area (Å²) in [5.41, 5.74) is 1.88. The van der Waals surface area contributed by atoms with Crippen molar-refractivity contribution in [1.29, 1.82) is 0 Å². The summed E-state index contributed by atoms with van der Waals surface area (Å²) in [6.45, 7) is 4.16. The van der Waals surface area contributed by atoms with Crippen molar-refractivity contribution in [3.8, 4) is 0 Å². The largest absolute Gasteiger partial charge is 0.462 e. The van der Waals surface area contributed by atoms with Gasteiger partial charge in [-0.3, -0.25) is 9.48 Å². The van der Waals surface area contributed by atoms with Crippen LogP contribution in [0.25, 0.3) is 0 Å². The van der Waals surface area contributed by atoms with E-state index in [-0.39, 0.29) is 5.91 Å². The number of anilines is 1. The zero-order valence-corrected chi connectivity index (χ0v) is 13.6. The number of aryl methyl sites for hydroxylation is 2. The second kappa shape index (κ2) is 7.58. The fraction of sp³-hybridized carbons (Fsp3) is 0.353. The first-order valence-electron chi connectivity index (χ1n) is 7.60. The van der Waals surface area contributed by atoms with Crippen LogP contribution in [0.5, 0.6) is 0 Å². The molecule has 0 atom stereocenters. The number of esters is 1. The molecule has 0 bridgehead atoms. The smallest absolute Gasteiger partial charge is 0.340 e. The van der Waals surface area contributed by atoms with E-state index in [4.69, 9.17) is 4.74 Å². The molecular formula is C17H21N3O3. The van der Waals surface area contributed by atoms with E-state index >= 15 is 0 Å². The van der Waals surface area contributed by atoms with Crippen molar-refractivity contribution in [2.45, 2.75) is 26.7 Å². The topological polar surface area (TPSA) is 73.2 Å². The van der Waals surface area contributed by atoms with E-state index < -0.39 is 5.97 Å².